The van der Waals surface area contributed by atoms with Crippen molar-refractivity contribution in [3.63, 3.8) is 0 Å². The van der Waals surface area contributed by atoms with E-state index in [4.69, 9.17) is 13.3 Å². The number of allylic oxidation sites excluding steroid dienone is 1. The highest BCUT2D eigenvalue weighted by atomic mass is 28.3. The molecule has 0 bridgehead atoms. The normalized spacial score (nSPS) is 10.2. The molecular weight excluding hydrogens is 200 g/mol. The lowest BCUT2D eigenvalue weighted by molar-refractivity contribution is -0.137. The van der Waals surface area contributed by atoms with Gasteiger partial charge in [0.15, 0.2) is 0 Å². The van der Waals surface area contributed by atoms with Crippen LogP contribution in [0, 0.1) is 0 Å². The van der Waals surface area contributed by atoms with Crippen LogP contribution in [0.4, 0.5) is 0 Å². The monoisotopic (exact) mass is 218 g/mol. The first kappa shape index (κ1) is 13.3. The summed E-state index contributed by atoms with van der Waals surface area (Å²) >= 11 is 0. The van der Waals surface area contributed by atoms with Crippen molar-refractivity contribution in [1.82, 2.24) is 0 Å². The molecule has 0 saturated heterocycles. The summed E-state index contributed by atoms with van der Waals surface area (Å²) in [7, 11) is -2.22. The maximum Gasteiger partial charge on any atom is 0.551 e. The number of hydrogen-bond donors (Lipinski definition) is 0. The van der Waals surface area contributed by atoms with Gasteiger partial charge in [-0.3, -0.25) is 4.79 Å². The van der Waals surface area contributed by atoms with Crippen LogP contribution in [0.3, 0.4) is 0 Å². The fourth-order valence-corrected chi connectivity index (χ4v) is 1.88. The van der Waals surface area contributed by atoms with Gasteiger partial charge < -0.3 is 13.3 Å². The van der Waals surface area contributed by atoms with Gasteiger partial charge in [0, 0.05) is 19.6 Å². The molecule has 14 heavy (non-hydrogen) atoms. The van der Waals surface area contributed by atoms with E-state index in [1.807, 2.05) is 13.8 Å². The third kappa shape index (κ3) is 6.82. The highest BCUT2D eigenvalue weighted by Crippen LogP contribution is 1.98. The molecule has 0 radical (unpaired) electrons. The van der Waals surface area contributed by atoms with Crippen molar-refractivity contribution in [2.24, 2.45) is 0 Å². The van der Waals surface area contributed by atoms with E-state index in [1.165, 1.54) is 0 Å². The molecule has 0 amide bonds. The topological polar surface area (TPSA) is 44.8 Å². The van der Waals surface area contributed by atoms with Crippen molar-refractivity contribution in [2.75, 3.05) is 13.2 Å². The van der Waals surface area contributed by atoms with Gasteiger partial charge in [0.25, 0.3) is 5.97 Å². The molecule has 0 N–H and O–H groups in total. The van der Waals surface area contributed by atoms with Crippen LogP contribution in [0.5, 0.6) is 0 Å². The predicted octanol–water partition coefficient (Wildman–Crippen LogP) is 1.29. The van der Waals surface area contributed by atoms with E-state index in [9.17, 15) is 4.79 Å². The first-order chi connectivity index (χ1) is 6.74. The molecule has 0 spiro atoms. The summed E-state index contributed by atoms with van der Waals surface area (Å²) in [4.78, 5) is 11.2. The van der Waals surface area contributed by atoms with E-state index in [0.717, 1.165) is 0 Å². The SMILES string of the molecule is C=CCCC(=O)O[SiH](OCC)OCC. The third-order valence-electron chi connectivity index (χ3n) is 1.39. The van der Waals surface area contributed by atoms with E-state index in [0.29, 0.717) is 26.1 Å². The van der Waals surface area contributed by atoms with Gasteiger partial charge in [-0.25, -0.2) is 0 Å². The third-order valence-corrected chi connectivity index (χ3v) is 3.05. The van der Waals surface area contributed by atoms with E-state index >= 15 is 0 Å². The number of carbonyl (C=O) groups is 1. The summed E-state index contributed by atoms with van der Waals surface area (Å²) in [6.07, 6.45) is 2.64. The van der Waals surface area contributed by atoms with Crippen LogP contribution in [0.1, 0.15) is 26.7 Å². The molecular formula is C9H18O4Si. The number of hydrogen-bond acceptors (Lipinski definition) is 4. The molecule has 0 fully saturated rings. The molecule has 4 nitrogen and oxygen atoms in total. The molecule has 0 aromatic carbocycles. The number of carbonyl (C=O) groups excluding carboxylic acids is 1. The standard InChI is InChI=1S/C9H18O4Si/c1-4-7-8-9(10)13-14(11-5-2)12-6-3/h4,14H,1,5-8H2,2-3H3. The number of rotatable bonds is 8. The van der Waals surface area contributed by atoms with Crippen molar-refractivity contribution < 1.29 is 18.1 Å². The fourth-order valence-electron chi connectivity index (χ4n) is 0.774. The van der Waals surface area contributed by atoms with E-state index in [-0.39, 0.29) is 5.97 Å². The predicted molar refractivity (Wildman–Crippen MR) is 55.9 cm³/mol. The lowest BCUT2D eigenvalue weighted by Crippen LogP contribution is -2.30. The molecule has 0 rings (SSSR count). The summed E-state index contributed by atoms with van der Waals surface area (Å²) in [5, 5.41) is 0. The first-order valence-electron chi connectivity index (χ1n) is 4.78. The van der Waals surface area contributed by atoms with Crippen LogP contribution < -0.4 is 0 Å². The van der Waals surface area contributed by atoms with Gasteiger partial charge in [-0.1, -0.05) is 6.08 Å². The molecule has 0 saturated carbocycles. The van der Waals surface area contributed by atoms with Crippen molar-refractivity contribution in [1.29, 1.82) is 0 Å². The maximum atomic E-state index is 11.2. The molecule has 0 atom stereocenters. The van der Waals surface area contributed by atoms with Crippen LogP contribution >= 0.6 is 0 Å². The fraction of sp³-hybridized carbons (Fsp3) is 0.667. The van der Waals surface area contributed by atoms with Gasteiger partial charge in [0.2, 0.25) is 0 Å². The lowest BCUT2D eigenvalue weighted by atomic mass is 10.3. The van der Waals surface area contributed by atoms with Crippen molar-refractivity contribution >= 4 is 15.5 Å². The zero-order valence-corrected chi connectivity index (χ0v) is 9.98. The molecule has 82 valence electrons. The zero-order valence-electron chi connectivity index (χ0n) is 8.82. The van der Waals surface area contributed by atoms with Gasteiger partial charge in [0.1, 0.15) is 0 Å². The summed E-state index contributed by atoms with van der Waals surface area (Å²) in [5.74, 6) is -0.275. The van der Waals surface area contributed by atoms with E-state index in [1.54, 1.807) is 6.08 Å². The van der Waals surface area contributed by atoms with Crippen LogP contribution in [0.2, 0.25) is 0 Å². The van der Waals surface area contributed by atoms with Crippen LogP contribution in [0.25, 0.3) is 0 Å². The Morgan fingerprint density at radius 2 is 1.93 bits per heavy atom. The molecule has 0 unspecified atom stereocenters. The molecule has 0 heterocycles. The highest BCUT2D eigenvalue weighted by Gasteiger charge is 2.18. The van der Waals surface area contributed by atoms with E-state index in [2.05, 4.69) is 6.58 Å². The van der Waals surface area contributed by atoms with Gasteiger partial charge >= 0.3 is 9.53 Å². The Labute approximate surface area is 86.8 Å². The Bertz CT molecular complexity index is 166. The second-order valence-corrected chi connectivity index (χ2v) is 4.00. The quantitative estimate of drug-likeness (QED) is 0.455. The Morgan fingerprint density at radius 1 is 1.36 bits per heavy atom. The van der Waals surface area contributed by atoms with Gasteiger partial charge in [-0.15, -0.1) is 6.58 Å². The van der Waals surface area contributed by atoms with Crippen molar-refractivity contribution in [3.05, 3.63) is 12.7 Å². The van der Waals surface area contributed by atoms with E-state index < -0.39 is 9.53 Å². The molecule has 5 heteroatoms. The first-order valence-corrected chi connectivity index (χ1v) is 6.19. The summed E-state index contributed by atoms with van der Waals surface area (Å²) in [6, 6.07) is 0. The Hall–Kier alpha value is -0.653. The average Bonchev–Trinajstić information content (AvgIpc) is 2.15. The van der Waals surface area contributed by atoms with Gasteiger partial charge in [-0.2, -0.15) is 0 Å². The minimum atomic E-state index is -2.22. The summed E-state index contributed by atoms with van der Waals surface area (Å²) < 4.78 is 15.4. The molecule has 0 aliphatic rings. The Balaban J connectivity index is 3.76. The molecule has 0 aromatic rings. The van der Waals surface area contributed by atoms with Crippen molar-refractivity contribution in [2.45, 2.75) is 26.7 Å². The summed E-state index contributed by atoms with van der Waals surface area (Å²) in [6.45, 7) is 8.22. The second-order valence-electron chi connectivity index (χ2n) is 2.52. The minimum Gasteiger partial charge on any atom is -0.476 e. The lowest BCUT2D eigenvalue weighted by Gasteiger charge is -2.14. The smallest absolute Gasteiger partial charge is 0.476 e. The van der Waals surface area contributed by atoms with Crippen LogP contribution in [-0.2, 0) is 18.1 Å². The molecule has 0 aliphatic carbocycles. The largest absolute Gasteiger partial charge is 0.551 e. The minimum absolute atomic E-state index is 0.275. The average molecular weight is 218 g/mol. The van der Waals surface area contributed by atoms with Gasteiger partial charge in [0.05, 0.1) is 0 Å². The van der Waals surface area contributed by atoms with Gasteiger partial charge in [-0.05, 0) is 20.3 Å². The highest BCUT2D eigenvalue weighted by molar-refractivity contribution is 6.39. The Morgan fingerprint density at radius 3 is 2.36 bits per heavy atom. The summed E-state index contributed by atoms with van der Waals surface area (Å²) in [5.41, 5.74) is 0. The molecule has 0 aromatic heterocycles. The maximum absolute atomic E-state index is 11.2. The molecule has 0 aliphatic heterocycles. The Kier molecular flexibility index (Phi) is 8.51. The van der Waals surface area contributed by atoms with Crippen LogP contribution in [0.15, 0.2) is 12.7 Å². The van der Waals surface area contributed by atoms with Crippen LogP contribution in [-0.4, -0.2) is 28.7 Å². The van der Waals surface area contributed by atoms with Crippen molar-refractivity contribution in [3.8, 4) is 0 Å². The zero-order chi connectivity index (χ0) is 10.8. The second kappa shape index (κ2) is 8.92.